The highest BCUT2D eigenvalue weighted by Gasteiger charge is 2.36. The standard InChI is InChI=1S/C15H22N2O4.ClH/c1-15(2,16)14(19)17-7-9-11(20-3)5-6-12(21-4)13(9)10(18)8-17;/h5-6,10,18H,7-8,16H2,1-4H3;1H. The first kappa shape index (κ1) is 18.5. The first-order valence-corrected chi connectivity index (χ1v) is 6.79. The van der Waals surface area contributed by atoms with Crippen molar-refractivity contribution in [1.29, 1.82) is 0 Å². The lowest BCUT2D eigenvalue weighted by molar-refractivity contribution is -0.138. The second-order valence-corrected chi connectivity index (χ2v) is 5.79. The Labute approximate surface area is 136 Å². The van der Waals surface area contributed by atoms with E-state index in [1.807, 2.05) is 0 Å². The summed E-state index contributed by atoms with van der Waals surface area (Å²) < 4.78 is 10.6. The normalized spacial score (nSPS) is 17.4. The predicted molar refractivity (Wildman–Crippen MR) is 85.4 cm³/mol. The van der Waals surface area contributed by atoms with E-state index in [1.54, 1.807) is 45.1 Å². The van der Waals surface area contributed by atoms with Crippen LogP contribution in [0.4, 0.5) is 0 Å². The molecule has 0 saturated heterocycles. The van der Waals surface area contributed by atoms with Gasteiger partial charge in [0.25, 0.3) is 0 Å². The molecule has 1 atom stereocenters. The molecule has 0 aliphatic carbocycles. The molecule has 1 aliphatic rings. The molecule has 1 amide bonds. The van der Waals surface area contributed by atoms with Crippen molar-refractivity contribution in [2.75, 3.05) is 20.8 Å². The van der Waals surface area contributed by atoms with Crippen molar-refractivity contribution < 1.29 is 19.4 Å². The molecule has 1 aliphatic heterocycles. The smallest absolute Gasteiger partial charge is 0.242 e. The van der Waals surface area contributed by atoms with E-state index >= 15 is 0 Å². The van der Waals surface area contributed by atoms with Crippen LogP contribution in [0.5, 0.6) is 11.5 Å². The van der Waals surface area contributed by atoms with E-state index in [1.165, 1.54) is 0 Å². The minimum Gasteiger partial charge on any atom is -0.496 e. The summed E-state index contributed by atoms with van der Waals surface area (Å²) in [7, 11) is 3.11. The van der Waals surface area contributed by atoms with Gasteiger partial charge in [-0.3, -0.25) is 4.79 Å². The quantitative estimate of drug-likeness (QED) is 0.871. The lowest BCUT2D eigenvalue weighted by atomic mass is 9.93. The third-order valence-corrected chi connectivity index (χ3v) is 3.63. The number of methoxy groups -OCH3 is 2. The Kier molecular flexibility index (Phi) is 5.67. The number of hydrogen-bond donors (Lipinski definition) is 2. The topological polar surface area (TPSA) is 85.0 Å². The van der Waals surface area contributed by atoms with Crippen LogP contribution in [0.3, 0.4) is 0 Å². The summed E-state index contributed by atoms with van der Waals surface area (Å²) in [6.07, 6.45) is -0.829. The lowest BCUT2D eigenvalue weighted by Crippen LogP contribution is -2.53. The van der Waals surface area contributed by atoms with Gasteiger partial charge in [0.1, 0.15) is 17.6 Å². The number of ether oxygens (including phenoxy) is 2. The van der Waals surface area contributed by atoms with Gasteiger partial charge in [-0.2, -0.15) is 0 Å². The average molecular weight is 331 g/mol. The highest BCUT2D eigenvalue weighted by Crippen LogP contribution is 2.39. The van der Waals surface area contributed by atoms with Crippen molar-refractivity contribution in [3.8, 4) is 11.5 Å². The molecule has 22 heavy (non-hydrogen) atoms. The molecule has 1 aromatic rings. The molecular weight excluding hydrogens is 308 g/mol. The highest BCUT2D eigenvalue weighted by molar-refractivity contribution is 5.86. The minimum atomic E-state index is -0.983. The summed E-state index contributed by atoms with van der Waals surface area (Å²) in [6, 6.07) is 3.52. The number of halogens is 1. The summed E-state index contributed by atoms with van der Waals surface area (Å²) in [5.74, 6) is 1.01. The monoisotopic (exact) mass is 330 g/mol. The Hall–Kier alpha value is -1.50. The maximum Gasteiger partial charge on any atom is 0.242 e. The Bertz CT molecular complexity index is 557. The highest BCUT2D eigenvalue weighted by atomic mass is 35.5. The van der Waals surface area contributed by atoms with Crippen molar-refractivity contribution in [3.63, 3.8) is 0 Å². The Morgan fingerprint density at radius 2 is 1.86 bits per heavy atom. The molecule has 1 unspecified atom stereocenters. The van der Waals surface area contributed by atoms with Crippen LogP contribution < -0.4 is 15.2 Å². The van der Waals surface area contributed by atoms with Gasteiger partial charge in [0.05, 0.1) is 26.3 Å². The fourth-order valence-electron chi connectivity index (χ4n) is 2.64. The van der Waals surface area contributed by atoms with Crippen LogP contribution in [-0.2, 0) is 11.3 Å². The van der Waals surface area contributed by atoms with Gasteiger partial charge in [-0.05, 0) is 26.0 Å². The molecule has 124 valence electrons. The number of aliphatic hydroxyl groups is 1. The van der Waals surface area contributed by atoms with Crippen LogP contribution in [0.2, 0.25) is 0 Å². The molecular formula is C15H23ClN2O4. The number of amides is 1. The number of rotatable bonds is 3. The largest absolute Gasteiger partial charge is 0.496 e. The fourth-order valence-corrected chi connectivity index (χ4v) is 2.64. The number of benzene rings is 1. The SMILES string of the molecule is COc1ccc(OC)c2c1CN(C(=O)C(C)(C)N)CC2O.Cl. The van der Waals surface area contributed by atoms with Crippen LogP contribution in [0.25, 0.3) is 0 Å². The molecule has 7 heteroatoms. The number of carbonyl (C=O) groups excluding carboxylic acids is 1. The van der Waals surface area contributed by atoms with Gasteiger partial charge in [0.2, 0.25) is 5.91 Å². The third kappa shape index (κ3) is 3.29. The van der Waals surface area contributed by atoms with Crippen LogP contribution in [0.1, 0.15) is 31.1 Å². The Balaban J connectivity index is 0.00000242. The summed E-state index contributed by atoms with van der Waals surface area (Å²) in [4.78, 5) is 13.9. The second-order valence-electron chi connectivity index (χ2n) is 5.79. The molecule has 0 fully saturated rings. The zero-order chi connectivity index (χ0) is 15.8. The average Bonchev–Trinajstić information content (AvgIpc) is 2.44. The minimum absolute atomic E-state index is 0. The first-order chi connectivity index (χ1) is 9.79. The van der Waals surface area contributed by atoms with Crippen molar-refractivity contribution in [3.05, 3.63) is 23.3 Å². The fraction of sp³-hybridized carbons (Fsp3) is 0.533. The van der Waals surface area contributed by atoms with Crippen LogP contribution in [-0.4, -0.2) is 42.2 Å². The molecule has 0 saturated carbocycles. The predicted octanol–water partition coefficient (Wildman–Crippen LogP) is 1.24. The van der Waals surface area contributed by atoms with Crippen LogP contribution in [0, 0.1) is 0 Å². The Morgan fingerprint density at radius 1 is 1.32 bits per heavy atom. The van der Waals surface area contributed by atoms with Gasteiger partial charge < -0.3 is 25.2 Å². The molecule has 0 bridgehead atoms. The summed E-state index contributed by atoms with van der Waals surface area (Å²) in [5.41, 5.74) is 6.32. The maximum atomic E-state index is 12.3. The number of nitrogens with zero attached hydrogens (tertiary/aromatic N) is 1. The number of hydrogen-bond acceptors (Lipinski definition) is 5. The number of fused-ring (bicyclic) bond motifs is 1. The van der Waals surface area contributed by atoms with Crippen molar-refractivity contribution in [2.24, 2.45) is 5.73 Å². The lowest BCUT2D eigenvalue weighted by Gasteiger charge is -2.36. The van der Waals surface area contributed by atoms with Gasteiger partial charge in [-0.1, -0.05) is 0 Å². The summed E-state index contributed by atoms with van der Waals surface area (Å²) in [5, 5.41) is 10.4. The third-order valence-electron chi connectivity index (χ3n) is 3.63. The van der Waals surface area contributed by atoms with E-state index < -0.39 is 11.6 Å². The molecule has 3 N–H and O–H groups in total. The number of carbonyl (C=O) groups is 1. The summed E-state index contributed by atoms with van der Waals surface area (Å²) >= 11 is 0. The van der Waals surface area contributed by atoms with Gasteiger partial charge in [-0.25, -0.2) is 0 Å². The maximum absolute atomic E-state index is 12.3. The molecule has 0 aromatic heterocycles. The number of β-amino-alcohol motifs (C(OH)–C–C–N with tert-alkyl or cyclic N) is 1. The molecule has 0 radical (unpaired) electrons. The summed E-state index contributed by atoms with van der Waals surface area (Å²) in [6.45, 7) is 3.84. The Morgan fingerprint density at radius 3 is 2.36 bits per heavy atom. The second kappa shape index (κ2) is 6.73. The molecule has 0 spiro atoms. The van der Waals surface area contributed by atoms with E-state index in [9.17, 15) is 9.90 Å². The molecule has 1 heterocycles. The first-order valence-electron chi connectivity index (χ1n) is 6.79. The van der Waals surface area contributed by atoms with Crippen molar-refractivity contribution in [1.82, 2.24) is 4.90 Å². The van der Waals surface area contributed by atoms with Crippen molar-refractivity contribution in [2.45, 2.75) is 32.0 Å². The zero-order valence-corrected chi connectivity index (χ0v) is 14.1. The van der Waals surface area contributed by atoms with Crippen LogP contribution in [0.15, 0.2) is 12.1 Å². The van der Waals surface area contributed by atoms with E-state index in [4.69, 9.17) is 15.2 Å². The van der Waals surface area contributed by atoms with Crippen LogP contribution >= 0.6 is 12.4 Å². The zero-order valence-electron chi connectivity index (χ0n) is 13.3. The van der Waals surface area contributed by atoms with E-state index in [0.717, 1.165) is 5.56 Å². The molecule has 1 aromatic carbocycles. The molecule has 6 nitrogen and oxygen atoms in total. The number of aliphatic hydroxyl groups excluding tert-OH is 1. The molecule has 2 rings (SSSR count). The van der Waals surface area contributed by atoms with E-state index in [0.29, 0.717) is 23.6 Å². The number of nitrogens with two attached hydrogens (primary N) is 1. The van der Waals surface area contributed by atoms with Gasteiger partial charge >= 0.3 is 0 Å². The van der Waals surface area contributed by atoms with Gasteiger partial charge in [0.15, 0.2) is 0 Å². The van der Waals surface area contributed by atoms with Gasteiger partial charge in [-0.15, -0.1) is 12.4 Å². The van der Waals surface area contributed by atoms with Crippen molar-refractivity contribution >= 4 is 18.3 Å². The van der Waals surface area contributed by atoms with E-state index in [-0.39, 0.29) is 24.9 Å². The van der Waals surface area contributed by atoms with E-state index in [2.05, 4.69) is 0 Å². The van der Waals surface area contributed by atoms with Gasteiger partial charge in [0, 0.05) is 17.7 Å².